The van der Waals surface area contributed by atoms with Gasteiger partial charge >= 0.3 is 0 Å². The zero-order valence-electron chi connectivity index (χ0n) is 18.9. The molecule has 0 saturated carbocycles. The van der Waals surface area contributed by atoms with Crippen LogP contribution >= 0.6 is 11.8 Å². The topological polar surface area (TPSA) is 99.7 Å². The second-order valence-corrected chi connectivity index (χ2v) is 8.83. The van der Waals surface area contributed by atoms with E-state index in [0.717, 1.165) is 0 Å². The van der Waals surface area contributed by atoms with Gasteiger partial charge in [0.15, 0.2) is 5.16 Å². The Kier molecular flexibility index (Phi) is 6.55. The number of rotatable bonds is 8. The summed E-state index contributed by atoms with van der Waals surface area (Å²) in [4.78, 5) is 25.7. The van der Waals surface area contributed by atoms with Gasteiger partial charge in [-0.25, -0.2) is 0 Å². The highest BCUT2D eigenvalue weighted by atomic mass is 32.2. The van der Waals surface area contributed by atoms with Crippen LogP contribution in [0.5, 0.6) is 11.5 Å². The predicted molar refractivity (Wildman–Crippen MR) is 128 cm³/mol. The summed E-state index contributed by atoms with van der Waals surface area (Å²) in [5, 5.41) is 12.5. The molecule has 0 saturated heterocycles. The van der Waals surface area contributed by atoms with Gasteiger partial charge in [-0.2, -0.15) is 0 Å². The monoisotopic (exact) mass is 467 g/mol. The van der Waals surface area contributed by atoms with E-state index in [2.05, 4.69) is 15.5 Å². The van der Waals surface area contributed by atoms with Gasteiger partial charge in [-0.05, 0) is 18.1 Å². The fourth-order valence-electron chi connectivity index (χ4n) is 3.56. The van der Waals surface area contributed by atoms with Crippen molar-refractivity contribution in [3.63, 3.8) is 0 Å². The molecule has 0 spiro atoms. The van der Waals surface area contributed by atoms with E-state index in [9.17, 15) is 9.59 Å². The summed E-state index contributed by atoms with van der Waals surface area (Å²) < 4.78 is 14.0. The van der Waals surface area contributed by atoms with Gasteiger partial charge in [0.2, 0.25) is 11.7 Å². The molecular formula is C23H25N5O4S. The van der Waals surface area contributed by atoms with E-state index in [0.29, 0.717) is 45.6 Å². The van der Waals surface area contributed by atoms with E-state index < -0.39 is 0 Å². The molecule has 2 heterocycles. The van der Waals surface area contributed by atoms with Gasteiger partial charge in [0, 0.05) is 30.4 Å². The van der Waals surface area contributed by atoms with Crippen molar-refractivity contribution in [2.45, 2.75) is 25.5 Å². The predicted octanol–water partition coefficient (Wildman–Crippen LogP) is 3.45. The van der Waals surface area contributed by atoms with Crippen LogP contribution in [0.25, 0.3) is 16.7 Å². The fraction of sp³-hybridized carbons (Fsp3) is 0.304. The van der Waals surface area contributed by atoms with E-state index in [1.165, 1.54) is 11.8 Å². The van der Waals surface area contributed by atoms with Crippen molar-refractivity contribution in [1.29, 1.82) is 0 Å². The van der Waals surface area contributed by atoms with Crippen LogP contribution in [0.4, 0.5) is 5.69 Å². The van der Waals surface area contributed by atoms with Crippen LogP contribution in [0.2, 0.25) is 0 Å². The first-order valence-corrected chi connectivity index (χ1v) is 11.4. The number of ether oxygens (including phenoxy) is 2. The average Bonchev–Trinajstić information content (AvgIpc) is 3.24. The molecule has 1 amide bonds. The van der Waals surface area contributed by atoms with Gasteiger partial charge < -0.3 is 14.8 Å². The summed E-state index contributed by atoms with van der Waals surface area (Å²) in [5.41, 5.74) is 1.18. The Morgan fingerprint density at radius 3 is 2.45 bits per heavy atom. The first-order valence-electron chi connectivity index (χ1n) is 10.4. The van der Waals surface area contributed by atoms with Crippen molar-refractivity contribution in [3.05, 3.63) is 52.8 Å². The van der Waals surface area contributed by atoms with Crippen LogP contribution in [0.15, 0.2) is 52.4 Å². The zero-order chi connectivity index (χ0) is 23.5. The summed E-state index contributed by atoms with van der Waals surface area (Å²) in [5.74, 6) is 1.77. The quantitative estimate of drug-likeness (QED) is 0.396. The molecule has 1 N–H and O–H groups in total. The minimum absolute atomic E-state index is 0.0968. The van der Waals surface area contributed by atoms with Crippen LogP contribution in [-0.2, 0) is 11.3 Å². The third-order valence-corrected chi connectivity index (χ3v) is 5.92. The smallest absolute Gasteiger partial charge is 0.262 e. The van der Waals surface area contributed by atoms with Crippen molar-refractivity contribution in [1.82, 2.24) is 19.2 Å². The second-order valence-electron chi connectivity index (χ2n) is 7.88. The molecule has 172 valence electrons. The Morgan fingerprint density at radius 1 is 1.09 bits per heavy atom. The maximum atomic E-state index is 13.1. The van der Waals surface area contributed by atoms with E-state index >= 15 is 0 Å². The van der Waals surface area contributed by atoms with Gasteiger partial charge in [0.25, 0.3) is 5.56 Å². The first kappa shape index (κ1) is 22.7. The first-order chi connectivity index (χ1) is 15.9. The van der Waals surface area contributed by atoms with Crippen molar-refractivity contribution in [3.8, 4) is 11.5 Å². The minimum atomic E-state index is -0.216. The number of nitrogens with zero attached hydrogens (tertiary/aromatic N) is 4. The molecule has 0 aliphatic heterocycles. The van der Waals surface area contributed by atoms with E-state index in [1.54, 1.807) is 43.1 Å². The van der Waals surface area contributed by atoms with Gasteiger partial charge in [0.05, 0.1) is 30.9 Å². The highest BCUT2D eigenvalue weighted by molar-refractivity contribution is 7.99. The Labute approximate surface area is 194 Å². The number of thioether (sulfide) groups is 1. The molecule has 4 aromatic rings. The van der Waals surface area contributed by atoms with Crippen LogP contribution in [0.1, 0.15) is 13.8 Å². The number of fused-ring (bicyclic) bond motifs is 3. The molecule has 0 atom stereocenters. The molecular weight excluding hydrogens is 442 g/mol. The maximum absolute atomic E-state index is 13.1. The average molecular weight is 468 g/mol. The Balaban J connectivity index is 1.63. The number of anilines is 1. The number of methoxy groups -OCH3 is 2. The highest BCUT2D eigenvalue weighted by Gasteiger charge is 2.18. The molecule has 0 fully saturated rings. The number of nitrogens with one attached hydrogen (secondary N) is 1. The lowest BCUT2D eigenvalue weighted by atomic mass is 10.2. The summed E-state index contributed by atoms with van der Waals surface area (Å²) in [6.07, 6.45) is 0. The molecule has 0 bridgehead atoms. The Bertz CT molecular complexity index is 1360. The second kappa shape index (κ2) is 9.53. The molecule has 2 aromatic heterocycles. The largest absolute Gasteiger partial charge is 0.497 e. The van der Waals surface area contributed by atoms with Crippen LogP contribution in [0.3, 0.4) is 0 Å². The third-order valence-electron chi connectivity index (χ3n) is 4.99. The van der Waals surface area contributed by atoms with Crippen LogP contribution in [-0.4, -0.2) is 45.0 Å². The summed E-state index contributed by atoms with van der Waals surface area (Å²) in [6.45, 7) is 4.61. The molecule has 0 unspecified atom stereocenters. The standard InChI is InChI=1S/C23H25N5O4S/c1-14(2)12-27-21(30)18-7-5-6-8-19(18)28-22(27)25-26-23(28)33-13-20(29)24-15-9-16(31-3)11-17(10-15)32-4/h5-11,14H,12-13H2,1-4H3,(H,24,29). The highest BCUT2D eigenvalue weighted by Crippen LogP contribution is 2.26. The van der Waals surface area contributed by atoms with Gasteiger partial charge in [0.1, 0.15) is 11.5 Å². The number of carbonyl (C=O) groups excluding carboxylic acids is 1. The minimum Gasteiger partial charge on any atom is -0.497 e. The van der Waals surface area contributed by atoms with Crippen molar-refractivity contribution in [2.24, 2.45) is 5.92 Å². The molecule has 9 nitrogen and oxygen atoms in total. The number of amides is 1. The van der Waals surface area contributed by atoms with Crippen LogP contribution in [0, 0.1) is 5.92 Å². The molecule has 2 aromatic carbocycles. The summed E-state index contributed by atoms with van der Waals surface area (Å²) >= 11 is 1.25. The van der Waals surface area contributed by atoms with Gasteiger partial charge in [-0.3, -0.25) is 18.6 Å². The number of hydrogen-bond acceptors (Lipinski definition) is 7. The lowest BCUT2D eigenvalue weighted by Crippen LogP contribution is -2.25. The lowest BCUT2D eigenvalue weighted by Gasteiger charge is -2.13. The molecule has 4 rings (SSSR count). The summed E-state index contributed by atoms with van der Waals surface area (Å²) in [7, 11) is 3.10. The summed E-state index contributed by atoms with van der Waals surface area (Å²) in [6, 6.07) is 12.5. The lowest BCUT2D eigenvalue weighted by molar-refractivity contribution is -0.113. The fourth-order valence-corrected chi connectivity index (χ4v) is 4.30. The van der Waals surface area contributed by atoms with Crippen LogP contribution < -0.4 is 20.3 Å². The molecule has 0 radical (unpaired) electrons. The van der Waals surface area contributed by atoms with Crippen molar-refractivity contribution >= 4 is 40.0 Å². The SMILES string of the molecule is COc1cc(NC(=O)CSc2nnc3n(CC(C)C)c(=O)c4ccccc4n23)cc(OC)c1. The number of benzene rings is 2. The zero-order valence-corrected chi connectivity index (χ0v) is 19.7. The number of hydrogen-bond donors (Lipinski definition) is 1. The van der Waals surface area contributed by atoms with E-state index in [-0.39, 0.29) is 23.1 Å². The number of carbonyl (C=O) groups is 1. The van der Waals surface area contributed by atoms with Gasteiger partial charge in [-0.1, -0.05) is 37.7 Å². The van der Waals surface area contributed by atoms with Crippen molar-refractivity contribution < 1.29 is 14.3 Å². The molecule has 0 aliphatic carbocycles. The number of aromatic nitrogens is 4. The number of para-hydroxylation sites is 1. The molecule has 33 heavy (non-hydrogen) atoms. The third kappa shape index (κ3) is 4.65. The van der Waals surface area contributed by atoms with E-state index in [4.69, 9.17) is 9.47 Å². The van der Waals surface area contributed by atoms with Crippen molar-refractivity contribution in [2.75, 3.05) is 25.3 Å². The maximum Gasteiger partial charge on any atom is 0.262 e. The van der Waals surface area contributed by atoms with Gasteiger partial charge in [-0.15, -0.1) is 10.2 Å². The Morgan fingerprint density at radius 2 is 1.79 bits per heavy atom. The molecule has 0 aliphatic rings. The van der Waals surface area contributed by atoms with E-state index in [1.807, 2.05) is 36.4 Å². The normalized spacial score (nSPS) is 11.3. The molecule has 10 heteroatoms. The Hall–Kier alpha value is -3.53.